The summed E-state index contributed by atoms with van der Waals surface area (Å²) >= 11 is 5.77. The Morgan fingerprint density at radius 1 is 1.40 bits per heavy atom. The van der Waals surface area contributed by atoms with E-state index in [4.69, 9.17) is 11.6 Å². The van der Waals surface area contributed by atoms with E-state index in [0.717, 1.165) is 0 Å². The lowest BCUT2D eigenvalue weighted by Gasteiger charge is -2.01. The third kappa shape index (κ3) is 4.47. The quantitative estimate of drug-likeness (QED) is 0.615. The van der Waals surface area contributed by atoms with E-state index in [-0.39, 0.29) is 5.91 Å². The number of hydrogen-bond acceptors (Lipinski definition) is 1. The fourth-order valence-corrected chi connectivity index (χ4v) is 1.19. The number of carbonyl (C=O) groups excluding carboxylic acids is 1. The summed E-state index contributed by atoms with van der Waals surface area (Å²) in [4.78, 5) is 11.3. The Morgan fingerprint density at radius 3 is 2.87 bits per heavy atom. The van der Waals surface area contributed by atoms with Crippen molar-refractivity contribution in [2.45, 2.75) is 6.92 Å². The molecule has 0 bridgehead atoms. The van der Waals surface area contributed by atoms with Crippen LogP contribution in [0.4, 0.5) is 5.69 Å². The normalized spacial score (nSPS) is 11.1. The average Bonchev–Trinajstić information content (AvgIpc) is 2.18. The molecule has 0 fully saturated rings. The van der Waals surface area contributed by atoms with Gasteiger partial charge in [0.2, 0.25) is 5.91 Å². The predicted molar refractivity (Wildman–Crippen MR) is 64.0 cm³/mol. The van der Waals surface area contributed by atoms with Gasteiger partial charge in [-0.3, -0.25) is 4.79 Å². The van der Waals surface area contributed by atoms with Gasteiger partial charge in [-0.15, -0.1) is 0 Å². The second-order valence-electron chi connectivity index (χ2n) is 2.88. The molecule has 0 aliphatic rings. The van der Waals surface area contributed by atoms with Crippen LogP contribution >= 0.6 is 11.6 Å². The van der Waals surface area contributed by atoms with E-state index >= 15 is 0 Å². The zero-order valence-electron chi connectivity index (χ0n) is 8.41. The Bertz CT molecular complexity index is 396. The fraction of sp³-hybridized carbons (Fsp3) is 0.0833. The Kier molecular flexibility index (Phi) is 4.64. The molecule has 0 radical (unpaired) electrons. The third-order valence-electron chi connectivity index (χ3n) is 1.64. The minimum atomic E-state index is -0.171. The smallest absolute Gasteiger partial charge is 0.248 e. The minimum absolute atomic E-state index is 0.171. The van der Waals surface area contributed by atoms with Crippen molar-refractivity contribution in [1.29, 1.82) is 0 Å². The molecule has 0 aliphatic heterocycles. The first-order valence-electron chi connectivity index (χ1n) is 4.58. The van der Waals surface area contributed by atoms with Crippen molar-refractivity contribution in [3.8, 4) is 0 Å². The highest BCUT2D eigenvalue weighted by molar-refractivity contribution is 6.30. The molecule has 0 saturated carbocycles. The summed E-state index contributed by atoms with van der Waals surface area (Å²) in [6, 6.07) is 7.02. The number of hydrogen-bond donors (Lipinski definition) is 1. The minimum Gasteiger partial charge on any atom is -0.322 e. The van der Waals surface area contributed by atoms with Gasteiger partial charge in [-0.25, -0.2) is 0 Å². The van der Waals surface area contributed by atoms with Crippen LogP contribution in [-0.2, 0) is 4.79 Å². The molecule has 0 heterocycles. The van der Waals surface area contributed by atoms with Gasteiger partial charge in [-0.2, -0.15) is 0 Å². The topological polar surface area (TPSA) is 29.1 Å². The summed E-state index contributed by atoms with van der Waals surface area (Å²) < 4.78 is 0. The van der Waals surface area contributed by atoms with Crippen molar-refractivity contribution < 1.29 is 4.79 Å². The lowest BCUT2D eigenvalue weighted by atomic mass is 10.3. The van der Waals surface area contributed by atoms with Crippen molar-refractivity contribution >= 4 is 23.2 Å². The third-order valence-corrected chi connectivity index (χ3v) is 1.88. The summed E-state index contributed by atoms with van der Waals surface area (Å²) in [5.74, 6) is -0.171. The van der Waals surface area contributed by atoms with Crippen LogP contribution in [0.1, 0.15) is 6.92 Å². The molecule has 0 atom stereocenters. The monoisotopic (exact) mass is 221 g/mol. The summed E-state index contributed by atoms with van der Waals surface area (Å²) in [6.07, 6.45) is 6.78. The maximum absolute atomic E-state index is 11.3. The largest absolute Gasteiger partial charge is 0.322 e. The van der Waals surface area contributed by atoms with Crippen LogP contribution in [0.2, 0.25) is 5.02 Å². The lowest BCUT2D eigenvalue weighted by Crippen LogP contribution is -2.07. The summed E-state index contributed by atoms with van der Waals surface area (Å²) in [7, 11) is 0. The van der Waals surface area contributed by atoms with Crippen LogP contribution in [0.25, 0.3) is 0 Å². The Hall–Kier alpha value is -1.54. The summed E-state index contributed by atoms with van der Waals surface area (Å²) in [6.45, 7) is 1.89. The van der Waals surface area contributed by atoms with Crippen LogP contribution in [-0.4, -0.2) is 5.91 Å². The van der Waals surface area contributed by atoms with Crippen LogP contribution in [0.3, 0.4) is 0 Å². The van der Waals surface area contributed by atoms with Gasteiger partial charge < -0.3 is 5.32 Å². The van der Waals surface area contributed by atoms with Crippen LogP contribution in [0.15, 0.2) is 48.6 Å². The van der Waals surface area contributed by atoms with Crippen LogP contribution < -0.4 is 5.32 Å². The number of amides is 1. The molecule has 0 spiro atoms. The highest BCUT2D eigenvalue weighted by atomic mass is 35.5. The van der Waals surface area contributed by atoms with Crippen LogP contribution in [0.5, 0.6) is 0 Å². The molecule has 1 rings (SSSR count). The number of benzene rings is 1. The number of anilines is 1. The van der Waals surface area contributed by atoms with Gasteiger partial charge in [-0.05, 0) is 25.1 Å². The number of allylic oxidation sites excluding steroid dienone is 3. The van der Waals surface area contributed by atoms with Crippen molar-refractivity contribution in [2.75, 3.05) is 5.32 Å². The molecule has 0 aliphatic carbocycles. The highest BCUT2D eigenvalue weighted by Crippen LogP contribution is 2.14. The maximum atomic E-state index is 11.3. The lowest BCUT2D eigenvalue weighted by molar-refractivity contribution is -0.111. The van der Waals surface area contributed by atoms with E-state index in [1.165, 1.54) is 6.08 Å². The van der Waals surface area contributed by atoms with Gasteiger partial charge >= 0.3 is 0 Å². The van der Waals surface area contributed by atoms with E-state index in [1.807, 2.05) is 13.0 Å². The number of rotatable bonds is 3. The first kappa shape index (κ1) is 11.5. The van der Waals surface area contributed by atoms with Gasteiger partial charge in [0.05, 0.1) is 0 Å². The van der Waals surface area contributed by atoms with Gasteiger partial charge in [0.1, 0.15) is 0 Å². The second-order valence-corrected chi connectivity index (χ2v) is 3.32. The molecule has 2 nitrogen and oxygen atoms in total. The molecular weight excluding hydrogens is 210 g/mol. The molecule has 1 N–H and O–H groups in total. The first-order chi connectivity index (χ1) is 7.22. The fourth-order valence-electron chi connectivity index (χ4n) is 1.00. The van der Waals surface area contributed by atoms with E-state index in [9.17, 15) is 4.79 Å². The van der Waals surface area contributed by atoms with E-state index in [1.54, 1.807) is 36.4 Å². The molecule has 1 amide bonds. The molecule has 0 aromatic heterocycles. The van der Waals surface area contributed by atoms with E-state index < -0.39 is 0 Å². The molecule has 15 heavy (non-hydrogen) atoms. The second kappa shape index (κ2) is 6.04. The van der Waals surface area contributed by atoms with Crippen molar-refractivity contribution in [1.82, 2.24) is 0 Å². The average molecular weight is 222 g/mol. The summed E-state index contributed by atoms with van der Waals surface area (Å²) in [5.41, 5.74) is 0.692. The van der Waals surface area contributed by atoms with Crippen molar-refractivity contribution in [2.24, 2.45) is 0 Å². The molecule has 0 unspecified atom stereocenters. The number of carbonyl (C=O) groups is 1. The zero-order valence-corrected chi connectivity index (χ0v) is 9.16. The summed E-state index contributed by atoms with van der Waals surface area (Å²) in [5, 5.41) is 3.30. The number of nitrogens with one attached hydrogen (secondary N) is 1. The zero-order chi connectivity index (χ0) is 11.1. The van der Waals surface area contributed by atoms with Gasteiger partial charge in [0.15, 0.2) is 0 Å². The molecule has 0 saturated heterocycles. The standard InChI is InChI=1S/C12H12ClNO/c1-2-3-4-8-12(15)14-11-7-5-6-10(13)9-11/h2-9H,1H3,(H,14,15)/b3-2+,8-4+. The first-order valence-corrected chi connectivity index (χ1v) is 4.96. The molecule has 1 aromatic rings. The maximum Gasteiger partial charge on any atom is 0.248 e. The van der Waals surface area contributed by atoms with Crippen LogP contribution in [0, 0.1) is 0 Å². The highest BCUT2D eigenvalue weighted by Gasteiger charge is 1.96. The predicted octanol–water partition coefficient (Wildman–Crippen LogP) is 3.41. The van der Waals surface area contributed by atoms with Crippen molar-refractivity contribution in [3.63, 3.8) is 0 Å². The Balaban J connectivity index is 2.59. The SMILES string of the molecule is C/C=C/C=C/C(=O)Nc1cccc(Cl)c1. The van der Waals surface area contributed by atoms with Gasteiger partial charge in [-0.1, -0.05) is 35.9 Å². The molecule has 1 aromatic carbocycles. The van der Waals surface area contributed by atoms with E-state index in [0.29, 0.717) is 10.7 Å². The molecule has 3 heteroatoms. The van der Waals surface area contributed by atoms with Gasteiger partial charge in [0.25, 0.3) is 0 Å². The Morgan fingerprint density at radius 2 is 2.20 bits per heavy atom. The molecular formula is C12H12ClNO. The molecule has 78 valence electrons. The van der Waals surface area contributed by atoms with Crippen molar-refractivity contribution in [3.05, 3.63) is 53.6 Å². The Labute approximate surface area is 94.3 Å². The number of halogens is 1. The van der Waals surface area contributed by atoms with Gasteiger partial charge in [0, 0.05) is 16.8 Å². The van der Waals surface area contributed by atoms with E-state index in [2.05, 4.69) is 5.32 Å².